The Hall–Kier alpha value is -8.40. The lowest BCUT2D eigenvalue weighted by atomic mass is 9.98. The molecule has 0 radical (unpaired) electrons. The third-order valence-electron chi connectivity index (χ3n) is 12.3. The van der Waals surface area contributed by atoms with Crippen molar-refractivity contribution in [2.45, 2.75) is 68.0 Å². The highest BCUT2D eigenvalue weighted by molar-refractivity contribution is 5.88. The van der Waals surface area contributed by atoms with Crippen molar-refractivity contribution in [1.29, 1.82) is 0 Å². The maximum atomic E-state index is 11.8. The molecule has 14 nitrogen and oxygen atoms in total. The summed E-state index contributed by atoms with van der Waals surface area (Å²) in [6, 6.07) is 45.7. The molecule has 0 aromatic heterocycles. The minimum Gasteiger partial charge on any atom is -0.460 e. The molecule has 80 heavy (non-hydrogen) atoms. The van der Waals surface area contributed by atoms with Crippen LogP contribution in [-0.4, -0.2) is 76.7 Å². The van der Waals surface area contributed by atoms with Crippen LogP contribution in [0.3, 0.4) is 0 Å². The average molecular weight is 1090 g/mol. The number of hydrogen-bond donors (Lipinski definition) is 0. The molecule has 0 spiro atoms. The first kappa shape index (κ1) is 60.8. The maximum absolute atomic E-state index is 11.8. The summed E-state index contributed by atoms with van der Waals surface area (Å²) in [7, 11) is 0. The number of aryl methyl sites for hydroxylation is 2. The molecule has 6 rings (SSSR count). The van der Waals surface area contributed by atoms with E-state index in [2.05, 4.69) is 135 Å². The Morgan fingerprint density at radius 2 is 0.562 bits per heavy atom. The van der Waals surface area contributed by atoms with Gasteiger partial charge in [-0.3, -0.25) is 0 Å². The van der Waals surface area contributed by atoms with E-state index in [0.717, 1.165) is 78.6 Å². The predicted molar refractivity (Wildman–Crippen MR) is 312 cm³/mol. The van der Waals surface area contributed by atoms with Crippen LogP contribution in [0.4, 0.5) is 34.1 Å². The molecule has 14 heteroatoms. The van der Waals surface area contributed by atoms with E-state index in [1.165, 1.54) is 0 Å². The van der Waals surface area contributed by atoms with Crippen LogP contribution in [0.25, 0.3) is 11.1 Å². The molecule has 6 aromatic carbocycles. The largest absolute Gasteiger partial charge is 0.460 e. The van der Waals surface area contributed by atoms with E-state index in [1.54, 1.807) is 27.7 Å². The lowest BCUT2D eigenvalue weighted by Crippen LogP contribution is -2.13. The van der Waals surface area contributed by atoms with Crippen LogP contribution in [0, 0.1) is 13.8 Å². The molecular formula is C66H72N2O12. The third kappa shape index (κ3) is 18.4. The zero-order chi connectivity index (χ0) is 57.6. The van der Waals surface area contributed by atoms with Crippen LogP contribution >= 0.6 is 0 Å². The fourth-order valence-corrected chi connectivity index (χ4v) is 8.02. The summed E-state index contributed by atoms with van der Waals surface area (Å²) in [4.78, 5) is 51.6. The minimum absolute atomic E-state index is 0.137. The van der Waals surface area contributed by atoms with E-state index in [0.29, 0.717) is 48.7 Å². The number of carbonyl (C=O) groups excluding carboxylic acids is 4. The van der Waals surface area contributed by atoms with Gasteiger partial charge in [-0.25, -0.2) is 19.2 Å². The normalized spacial score (nSPS) is 10.8. The topological polar surface area (TPSA) is 149 Å². The van der Waals surface area contributed by atoms with Crippen LogP contribution in [0.1, 0.15) is 61.1 Å². The second kappa shape index (κ2) is 30.7. The van der Waals surface area contributed by atoms with Gasteiger partial charge in [0.05, 0.1) is 52.9 Å². The number of rotatable bonds is 31. The predicted octanol–water partition coefficient (Wildman–Crippen LogP) is 13.5. The van der Waals surface area contributed by atoms with Gasteiger partial charge in [-0.05, 0) is 159 Å². The van der Waals surface area contributed by atoms with E-state index in [4.69, 9.17) is 37.9 Å². The number of benzene rings is 6. The molecule has 0 aliphatic heterocycles. The van der Waals surface area contributed by atoms with Crippen molar-refractivity contribution >= 4 is 58.0 Å². The molecule has 0 saturated heterocycles. The second-order valence-corrected chi connectivity index (χ2v) is 19.2. The third-order valence-corrected chi connectivity index (χ3v) is 12.3. The van der Waals surface area contributed by atoms with Gasteiger partial charge in [0.15, 0.2) is 0 Å². The lowest BCUT2D eigenvalue weighted by molar-refractivity contribution is -0.141. The van der Waals surface area contributed by atoms with Gasteiger partial charge in [0.2, 0.25) is 0 Å². The van der Waals surface area contributed by atoms with E-state index in [1.807, 2.05) is 48.5 Å². The summed E-state index contributed by atoms with van der Waals surface area (Å²) < 4.78 is 44.0. The molecule has 0 aliphatic rings. The molecule has 0 unspecified atom stereocenters. The summed E-state index contributed by atoms with van der Waals surface area (Å²) >= 11 is 0. The molecule has 0 saturated carbocycles. The molecule has 0 bridgehead atoms. The summed E-state index contributed by atoms with van der Waals surface area (Å²) in [6.45, 7) is 28.1. The Bertz CT molecular complexity index is 2740. The van der Waals surface area contributed by atoms with Crippen molar-refractivity contribution in [2.75, 3.05) is 62.7 Å². The van der Waals surface area contributed by atoms with Gasteiger partial charge in [-0.2, -0.15) is 0 Å². The van der Waals surface area contributed by atoms with E-state index in [9.17, 15) is 19.2 Å². The maximum Gasteiger partial charge on any atom is 0.333 e. The fraction of sp³-hybridized carbons (Fsp3) is 0.273. The van der Waals surface area contributed by atoms with Gasteiger partial charge >= 0.3 is 23.9 Å². The standard InChI is InChI=1S/C66H72N2O12/c1-45(2)63(69)77-35-31-73-41-51-11-21-57(22-12-51)67(58-23-13-52(14-24-58)42-74-32-36-78-64(70)46(3)4)61-29-19-55(39-49(61)9)56-20-30-62(50(10)40-56)68(59-25-15-53(16-26-59)43-75-33-37-79-65(71)47(5)6)60-27-17-54(18-28-60)44-76-34-38-80-66(72)48(7)8/h11-30,39-40H,1,3,5,7,31-38,41-44H2,2,4,6,8-10H3. The number of nitrogens with zero attached hydrogens (tertiary/aromatic N) is 2. The van der Waals surface area contributed by atoms with Crippen molar-refractivity contribution in [2.24, 2.45) is 0 Å². The molecular weight excluding hydrogens is 1010 g/mol. The van der Waals surface area contributed by atoms with Crippen LogP contribution in [0.15, 0.2) is 182 Å². The smallest absolute Gasteiger partial charge is 0.333 e. The SMILES string of the molecule is C=C(C)C(=O)OCCOCc1ccc(N(c2ccc(COCCOC(=O)C(=C)C)cc2)c2ccc(-c3ccc(N(c4ccc(COCCOC(=O)C(=C)C)cc4)c4ccc(COCCOC(=O)C(=C)C)cc4)c(C)c3)cc2C)cc1. The van der Waals surface area contributed by atoms with Crippen molar-refractivity contribution < 1.29 is 57.1 Å². The zero-order valence-corrected chi connectivity index (χ0v) is 46.8. The molecule has 418 valence electrons. The summed E-state index contributed by atoms with van der Waals surface area (Å²) in [5.41, 5.74) is 15.1. The molecule has 6 aromatic rings. The number of anilines is 6. The monoisotopic (exact) mass is 1080 g/mol. The fourth-order valence-electron chi connectivity index (χ4n) is 8.02. The van der Waals surface area contributed by atoms with Crippen molar-refractivity contribution in [3.05, 3.63) is 215 Å². The number of carbonyl (C=O) groups is 4. The first-order valence-corrected chi connectivity index (χ1v) is 26.3. The first-order valence-electron chi connectivity index (χ1n) is 26.3. The molecule has 0 heterocycles. The number of hydrogen-bond acceptors (Lipinski definition) is 14. The number of ether oxygens (including phenoxy) is 8. The molecule has 0 fully saturated rings. The zero-order valence-electron chi connectivity index (χ0n) is 46.8. The van der Waals surface area contributed by atoms with Gasteiger partial charge in [0.25, 0.3) is 0 Å². The van der Waals surface area contributed by atoms with Crippen molar-refractivity contribution in [1.82, 2.24) is 0 Å². The quantitative estimate of drug-likeness (QED) is 0.0176. The van der Waals surface area contributed by atoms with Gasteiger partial charge in [-0.1, -0.05) is 87.0 Å². The second-order valence-electron chi connectivity index (χ2n) is 19.2. The highest BCUT2D eigenvalue weighted by Gasteiger charge is 2.19. The van der Waals surface area contributed by atoms with Crippen LogP contribution in [-0.2, 0) is 83.5 Å². The average Bonchev–Trinajstić information content (AvgIpc) is 3.44. The number of esters is 4. The van der Waals surface area contributed by atoms with Crippen LogP contribution < -0.4 is 9.80 Å². The van der Waals surface area contributed by atoms with Gasteiger partial charge in [-0.15, -0.1) is 0 Å². The van der Waals surface area contributed by atoms with E-state index < -0.39 is 23.9 Å². The summed E-state index contributed by atoms with van der Waals surface area (Å²) in [6.07, 6.45) is 0. The highest BCUT2D eigenvalue weighted by atomic mass is 16.6. The Kier molecular flexibility index (Phi) is 23.3. The van der Waals surface area contributed by atoms with Crippen molar-refractivity contribution in [3.8, 4) is 11.1 Å². The van der Waals surface area contributed by atoms with Gasteiger partial charge in [0.1, 0.15) is 26.4 Å². The summed E-state index contributed by atoms with van der Waals surface area (Å²) in [5.74, 6) is -1.77. The molecule has 0 amide bonds. The van der Waals surface area contributed by atoms with Crippen molar-refractivity contribution in [3.63, 3.8) is 0 Å². The molecule has 0 N–H and O–H groups in total. The van der Waals surface area contributed by atoms with E-state index >= 15 is 0 Å². The Labute approximate surface area is 470 Å². The lowest BCUT2D eigenvalue weighted by Gasteiger charge is -2.28. The Morgan fingerprint density at radius 3 is 0.762 bits per heavy atom. The Balaban J connectivity index is 1.24. The highest BCUT2D eigenvalue weighted by Crippen LogP contribution is 2.41. The Morgan fingerprint density at radius 1 is 0.338 bits per heavy atom. The van der Waals surface area contributed by atoms with Gasteiger partial charge < -0.3 is 47.7 Å². The molecule has 0 aliphatic carbocycles. The first-order chi connectivity index (χ1) is 38.5. The van der Waals surface area contributed by atoms with Crippen LogP contribution in [0.5, 0.6) is 0 Å². The van der Waals surface area contributed by atoms with Gasteiger partial charge in [0, 0.05) is 56.4 Å². The molecule has 0 atom stereocenters. The van der Waals surface area contributed by atoms with E-state index in [-0.39, 0.29) is 52.9 Å². The summed E-state index contributed by atoms with van der Waals surface area (Å²) in [5, 5.41) is 0. The minimum atomic E-state index is -0.442. The van der Waals surface area contributed by atoms with Crippen LogP contribution in [0.2, 0.25) is 0 Å².